The van der Waals surface area contributed by atoms with Crippen molar-refractivity contribution in [1.29, 1.82) is 0 Å². The van der Waals surface area contributed by atoms with Gasteiger partial charge in [-0.3, -0.25) is 9.59 Å². The third kappa shape index (κ3) is 7.54. The number of carbonyl (C=O) groups excluding carboxylic acids is 4. The maximum Gasteiger partial charge on any atom is 0.338 e. The Kier molecular flexibility index (Phi) is 14.3. The molecule has 11 atom stereocenters. The van der Waals surface area contributed by atoms with E-state index in [9.17, 15) is 44.7 Å². The number of benzene rings is 1. The SMILES string of the molecule is CC(=O)NC(C=C(C)C)C(O)C(=O)OC1CC2(O)C(OC(=O)c3ccccc3)C3C4(O)COC4CC(O)[C@@]3(C)C(=O)C(O)C(=C1C)C2(C)C.[Ac].[Ac]. The standard InChI is InChI=1S/C36H47NO12.2Ac/c1-17(2)13-21(37-19(4)38)26(40)32(44)48-22-15-36(46)30(49-31(43)20-11-9-8-10-12-20)28-34(7,23(39)14-24-35(28,45)16-47-24)29(42)27(41)25(18(22)3)33(36,5)6;;/h8-13,21-24,26-28,30,39-41,45-46H,14-16H2,1-7H3,(H,37,38);;/t21?,22?,23?,24?,26?,27?,28?,30?,34-,35?,36?;;/m1../s1. The van der Waals surface area contributed by atoms with E-state index in [-0.39, 0.29) is 118 Å². The van der Waals surface area contributed by atoms with Crippen molar-refractivity contribution in [3.63, 3.8) is 0 Å². The van der Waals surface area contributed by atoms with Gasteiger partial charge in [0, 0.05) is 119 Å². The Hall–Kier alpha value is -0.577. The molecule has 0 spiro atoms. The first-order valence-corrected chi connectivity index (χ1v) is 16.5. The summed E-state index contributed by atoms with van der Waals surface area (Å²) in [6.07, 6.45) is -8.50. The summed E-state index contributed by atoms with van der Waals surface area (Å²) in [4.78, 5) is 53.7. The van der Waals surface area contributed by atoms with Gasteiger partial charge in [-0.1, -0.05) is 43.7 Å². The van der Waals surface area contributed by atoms with Gasteiger partial charge in [-0.05, 0) is 51.0 Å². The second kappa shape index (κ2) is 16.3. The van der Waals surface area contributed by atoms with Crippen molar-refractivity contribution in [3.05, 3.63) is 58.7 Å². The van der Waals surface area contributed by atoms with Crippen LogP contribution >= 0.6 is 0 Å². The Morgan fingerprint density at radius 1 is 1.02 bits per heavy atom. The number of Topliss-reactive ketones (excluding diaryl/α,β-unsaturated/α-hetero) is 1. The Morgan fingerprint density at radius 2 is 1.63 bits per heavy atom. The van der Waals surface area contributed by atoms with E-state index in [4.69, 9.17) is 14.2 Å². The molecule has 2 bridgehead atoms. The summed E-state index contributed by atoms with van der Waals surface area (Å²) in [6.45, 7) is 10.4. The average molecular weight is 1140 g/mol. The molecular formula is C36H47Ac2NO12. The van der Waals surface area contributed by atoms with Crippen LogP contribution in [0.25, 0.3) is 0 Å². The van der Waals surface area contributed by atoms with Crippen LogP contribution in [0.3, 0.4) is 0 Å². The molecule has 10 unspecified atom stereocenters. The molecule has 15 heteroatoms. The number of allylic oxidation sites excluding steroid dienone is 1. The van der Waals surface area contributed by atoms with Gasteiger partial charge in [0.15, 0.2) is 11.9 Å². The van der Waals surface area contributed by atoms with Gasteiger partial charge < -0.3 is 45.1 Å². The minimum absolute atomic E-state index is 0. The summed E-state index contributed by atoms with van der Waals surface area (Å²) < 4.78 is 17.6. The van der Waals surface area contributed by atoms with E-state index < -0.39 is 101 Å². The number of esters is 2. The molecule has 274 valence electrons. The molecule has 1 aromatic rings. The fraction of sp³-hybridized carbons (Fsp3) is 0.611. The molecule has 4 aliphatic rings. The largest absolute Gasteiger partial charge is 0.456 e. The third-order valence-electron chi connectivity index (χ3n) is 11.3. The zero-order chi connectivity index (χ0) is 36.4. The minimum atomic E-state index is -2.26. The number of aliphatic hydroxyl groups excluding tert-OH is 3. The topological polar surface area (TPSA) is 209 Å². The first-order valence-electron chi connectivity index (χ1n) is 16.5. The number of rotatable bonds is 7. The summed E-state index contributed by atoms with van der Waals surface area (Å²) in [5.74, 6) is -4.94. The van der Waals surface area contributed by atoms with Crippen LogP contribution in [-0.2, 0) is 28.6 Å². The van der Waals surface area contributed by atoms with Crippen molar-refractivity contribution in [2.75, 3.05) is 6.61 Å². The maximum atomic E-state index is 14.5. The molecule has 1 heterocycles. The van der Waals surface area contributed by atoms with Crippen molar-refractivity contribution < 1.29 is 147 Å². The molecule has 1 saturated heterocycles. The van der Waals surface area contributed by atoms with Crippen LogP contribution in [0.1, 0.15) is 71.7 Å². The van der Waals surface area contributed by atoms with E-state index in [0.717, 1.165) is 0 Å². The average Bonchev–Trinajstić information content (AvgIpc) is 3.02. The van der Waals surface area contributed by atoms with E-state index in [1.54, 1.807) is 45.9 Å². The first-order chi connectivity index (χ1) is 22.7. The third-order valence-corrected chi connectivity index (χ3v) is 11.3. The van der Waals surface area contributed by atoms with E-state index in [0.29, 0.717) is 5.57 Å². The molecule has 3 aliphatic carbocycles. The molecule has 6 N–H and O–H groups in total. The van der Waals surface area contributed by atoms with Crippen LogP contribution < -0.4 is 5.32 Å². The normalized spacial score (nSPS) is 36.0. The maximum absolute atomic E-state index is 14.5. The van der Waals surface area contributed by atoms with Gasteiger partial charge in [-0.2, -0.15) is 0 Å². The van der Waals surface area contributed by atoms with E-state index in [1.165, 1.54) is 39.0 Å². The van der Waals surface area contributed by atoms with Gasteiger partial charge in [-0.25, -0.2) is 9.59 Å². The smallest absolute Gasteiger partial charge is 0.338 e. The van der Waals surface area contributed by atoms with Crippen molar-refractivity contribution in [3.8, 4) is 0 Å². The van der Waals surface area contributed by atoms with E-state index in [1.807, 2.05) is 0 Å². The summed E-state index contributed by atoms with van der Waals surface area (Å²) >= 11 is 0. The summed E-state index contributed by atoms with van der Waals surface area (Å²) in [5, 5.41) is 62.2. The quantitative estimate of drug-likeness (QED) is 0.166. The van der Waals surface area contributed by atoms with Crippen LogP contribution in [0.15, 0.2) is 53.1 Å². The van der Waals surface area contributed by atoms with E-state index >= 15 is 0 Å². The summed E-state index contributed by atoms with van der Waals surface area (Å²) in [5.41, 5.74) is -6.65. The fourth-order valence-corrected chi connectivity index (χ4v) is 8.54. The number of hydrogen-bond acceptors (Lipinski definition) is 12. The molecule has 5 rings (SSSR count). The van der Waals surface area contributed by atoms with Gasteiger partial charge in [0.1, 0.15) is 29.5 Å². The van der Waals surface area contributed by atoms with Crippen LogP contribution in [0.2, 0.25) is 0 Å². The number of aliphatic hydroxyl groups is 5. The first kappa shape index (κ1) is 44.8. The number of carbonyl (C=O) groups is 4. The minimum Gasteiger partial charge on any atom is -0.456 e. The molecule has 51 heavy (non-hydrogen) atoms. The van der Waals surface area contributed by atoms with Gasteiger partial charge in [0.2, 0.25) is 5.91 Å². The second-order valence-corrected chi connectivity index (χ2v) is 15.0. The molecule has 3 fully saturated rings. The van der Waals surface area contributed by atoms with Crippen molar-refractivity contribution >= 4 is 23.6 Å². The summed E-state index contributed by atoms with van der Waals surface area (Å²) in [7, 11) is 0. The van der Waals surface area contributed by atoms with Crippen LogP contribution in [0.4, 0.5) is 0 Å². The number of nitrogens with one attached hydrogen (secondary N) is 1. The van der Waals surface area contributed by atoms with Gasteiger partial charge in [0.05, 0.1) is 35.8 Å². The second-order valence-electron chi connectivity index (χ2n) is 15.0. The van der Waals surface area contributed by atoms with E-state index in [2.05, 4.69) is 5.32 Å². The predicted molar refractivity (Wildman–Crippen MR) is 173 cm³/mol. The molecule has 13 nitrogen and oxygen atoms in total. The monoisotopic (exact) mass is 1140 g/mol. The number of ether oxygens (including phenoxy) is 3. The van der Waals surface area contributed by atoms with Crippen LogP contribution in [0.5, 0.6) is 0 Å². The van der Waals surface area contributed by atoms with Crippen molar-refractivity contribution in [2.24, 2.45) is 16.7 Å². The molecular weight excluding hydrogens is 1090 g/mol. The molecule has 2 saturated carbocycles. The molecule has 2 radical (unpaired) electrons. The number of amides is 1. The van der Waals surface area contributed by atoms with Crippen LogP contribution in [-0.4, -0.2) is 110 Å². The van der Waals surface area contributed by atoms with Crippen molar-refractivity contribution in [2.45, 2.75) is 115 Å². The molecule has 1 amide bonds. The van der Waals surface area contributed by atoms with Gasteiger partial charge >= 0.3 is 11.9 Å². The zero-order valence-electron chi connectivity index (χ0n) is 30.0. The number of ketones is 1. The Labute approximate surface area is 369 Å². The Balaban J connectivity index is 0.00000351. The zero-order valence-corrected chi connectivity index (χ0v) is 39.4. The predicted octanol–water partition coefficient (Wildman–Crippen LogP) is 0.894. The summed E-state index contributed by atoms with van der Waals surface area (Å²) in [6, 6.07) is 6.75. The Bertz CT molecular complexity index is 1600. The van der Waals surface area contributed by atoms with Crippen LogP contribution in [0, 0.1) is 105 Å². The fourth-order valence-electron chi connectivity index (χ4n) is 8.54. The van der Waals surface area contributed by atoms with Gasteiger partial charge in [0.25, 0.3) is 0 Å². The Morgan fingerprint density at radius 3 is 2.16 bits per heavy atom. The molecule has 1 aliphatic heterocycles. The van der Waals surface area contributed by atoms with Gasteiger partial charge in [-0.15, -0.1) is 0 Å². The number of hydrogen-bond donors (Lipinski definition) is 6. The number of fused-ring (bicyclic) bond motifs is 5. The molecule has 1 aromatic carbocycles. The molecule has 0 aromatic heterocycles. The van der Waals surface area contributed by atoms with Crippen molar-refractivity contribution in [1.82, 2.24) is 5.32 Å².